The van der Waals surface area contributed by atoms with Gasteiger partial charge in [0, 0.05) is 6.20 Å². The zero-order valence-electron chi connectivity index (χ0n) is 16.1. The van der Waals surface area contributed by atoms with Crippen molar-refractivity contribution in [2.24, 2.45) is 0 Å². The van der Waals surface area contributed by atoms with Gasteiger partial charge >= 0.3 is 0 Å². The number of pyridine rings is 1. The molecule has 1 aromatic heterocycles. The molecule has 3 aromatic carbocycles. The Kier molecular flexibility index (Phi) is 6.10. The molecule has 1 heterocycles. The highest BCUT2D eigenvalue weighted by molar-refractivity contribution is 9.10. The number of ether oxygens (including phenoxy) is 1. The molecule has 150 valence electrons. The third-order valence-electron chi connectivity index (χ3n) is 4.79. The van der Waals surface area contributed by atoms with Crippen LogP contribution in [-0.4, -0.2) is 4.57 Å². The molecule has 0 bridgehead atoms. The number of benzene rings is 3. The number of aromatic nitrogens is 1. The summed E-state index contributed by atoms with van der Waals surface area (Å²) in [6.45, 7) is 0.716. The van der Waals surface area contributed by atoms with Gasteiger partial charge in [0.1, 0.15) is 22.6 Å². The normalized spacial score (nSPS) is 10.7. The molecular formula is C25H19BrFNO2. The van der Waals surface area contributed by atoms with Gasteiger partial charge in [-0.25, -0.2) is 4.39 Å². The lowest BCUT2D eigenvalue weighted by molar-refractivity contribution is 0.302. The van der Waals surface area contributed by atoms with E-state index in [1.807, 2.05) is 30.3 Å². The van der Waals surface area contributed by atoms with Gasteiger partial charge in [-0.3, -0.25) is 4.79 Å². The molecule has 0 fully saturated rings. The van der Waals surface area contributed by atoms with Crippen molar-refractivity contribution >= 4 is 15.9 Å². The lowest BCUT2D eigenvalue weighted by atomic mass is 10.0. The predicted molar refractivity (Wildman–Crippen MR) is 120 cm³/mol. The van der Waals surface area contributed by atoms with E-state index in [2.05, 4.69) is 40.2 Å². The van der Waals surface area contributed by atoms with Crippen LogP contribution in [0.3, 0.4) is 0 Å². The van der Waals surface area contributed by atoms with Crippen LogP contribution in [0.5, 0.6) is 5.75 Å². The Labute approximate surface area is 182 Å². The van der Waals surface area contributed by atoms with Crippen LogP contribution >= 0.6 is 15.9 Å². The Morgan fingerprint density at radius 1 is 0.800 bits per heavy atom. The van der Waals surface area contributed by atoms with E-state index >= 15 is 0 Å². The van der Waals surface area contributed by atoms with Crippen LogP contribution in [0.25, 0.3) is 11.1 Å². The molecule has 0 saturated carbocycles. The van der Waals surface area contributed by atoms with E-state index in [1.54, 1.807) is 29.0 Å². The van der Waals surface area contributed by atoms with Crippen LogP contribution < -0.4 is 10.3 Å². The Morgan fingerprint density at radius 2 is 1.43 bits per heavy atom. The largest absolute Gasteiger partial charge is 0.487 e. The maximum atomic E-state index is 13.0. The van der Waals surface area contributed by atoms with Crippen molar-refractivity contribution in [1.82, 2.24) is 4.57 Å². The molecule has 0 aliphatic heterocycles. The van der Waals surface area contributed by atoms with Crippen molar-refractivity contribution < 1.29 is 9.13 Å². The summed E-state index contributed by atoms with van der Waals surface area (Å²) >= 11 is 3.35. The summed E-state index contributed by atoms with van der Waals surface area (Å²) in [4.78, 5) is 12.7. The molecule has 4 rings (SSSR count). The fraction of sp³-hybridized carbons (Fsp3) is 0.0800. The molecule has 5 heteroatoms. The minimum Gasteiger partial charge on any atom is -0.487 e. The number of hydrogen-bond donors (Lipinski definition) is 0. The van der Waals surface area contributed by atoms with Crippen molar-refractivity contribution in [3.63, 3.8) is 0 Å². The molecule has 0 radical (unpaired) electrons. The average Bonchev–Trinajstić information content (AvgIpc) is 2.79. The first-order valence-corrected chi connectivity index (χ1v) is 10.3. The second-order valence-electron chi connectivity index (χ2n) is 6.91. The van der Waals surface area contributed by atoms with Crippen LogP contribution in [0.2, 0.25) is 0 Å². The molecule has 0 N–H and O–H groups in total. The Morgan fingerprint density at radius 3 is 2.13 bits per heavy atom. The van der Waals surface area contributed by atoms with Crippen LogP contribution in [0, 0.1) is 5.82 Å². The first kappa shape index (κ1) is 20.1. The SMILES string of the molecule is O=c1c(Br)c(OCc2ccc(F)cc2)ccn1Cc1ccc(-c2ccccc2)cc1. The molecule has 0 amide bonds. The number of rotatable bonds is 6. The molecule has 0 atom stereocenters. The molecule has 30 heavy (non-hydrogen) atoms. The second-order valence-corrected chi connectivity index (χ2v) is 7.70. The van der Waals surface area contributed by atoms with E-state index in [4.69, 9.17) is 4.74 Å². The minimum atomic E-state index is -0.292. The summed E-state index contributed by atoms with van der Waals surface area (Å²) in [6.07, 6.45) is 1.72. The van der Waals surface area contributed by atoms with Gasteiger partial charge in [-0.2, -0.15) is 0 Å². The molecule has 4 aromatic rings. The van der Waals surface area contributed by atoms with Crippen LogP contribution in [0.4, 0.5) is 4.39 Å². The maximum Gasteiger partial charge on any atom is 0.268 e. The Bertz CT molecular complexity index is 1190. The summed E-state index contributed by atoms with van der Waals surface area (Å²) in [6, 6.07) is 26.2. The Balaban J connectivity index is 1.46. The molecule has 0 saturated heterocycles. The van der Waals surface area contributed by atoms with E-state index in [-0.39, 0.29) is 18.0 Å². The van der Waals surface area contributed by atoms with Crippen molar-refractivity contribution in [2.45, 2.75) is 13.2 Å². The van der Waals surface area contributed by atoms with E-state index in [0.29, 0.717) is 16.8 Å². The third kappa shape index (κ3) is 4.69. The quantitative estimate of drug-likeness (QED) is 0.348. The monoisotopic (exact) mass is 463 g/mol. The van der Waals surface area contributed by atoms with Crippen molar-refractivity contribution in [2.75, 3.05) is 0 Å². The number of halogens is 2. The highest BCUT2D eigenvalue weighted by Crippen LogP contribution is 2.23. The topological polar surface area (TPSA) is 31.2 Å². The fourth-order valence-corrected chi connectivity index (χ4v) is 3.61. The van der Waals surface area contributed by atoms with Crippen LogP contribution in [0.15, 0.2) is 100 Å². The lowest BCUT2D eigenvalue weighted by Gasteiger charge is -2.12. The van der Waals surface area contributed by atoms with E-state index < -0.39 is 0 Å². The third-order valence-corrected chi connectivity index (χ3v) is 5.52. The van der Waals surface area contributed by atoms with Gasteiger partial charge in [0.15, 0.2) is 0 Å². The molecule has 0 unspecified atom stereocenters. The van der Waals surface area contributed by atoms with Gasteiger partial charge in [0.05, 0.1) is 6.54 Å². The lowest BCUT2D eigenvalue weighted by Crippen LogP contribution is -2.21. The maximum absolute atomic E-state index is 13.0. The van der Waals surface area contributed by atoms with E-state index in [9.17, 15) is 9.18 Å². The van der Waals surface area contributed by atoms with E-state index in [0.717, 1.165) is 22.3 Å². The van der Waals surface area contributed by atoms with Gasteiger partial charge in [-0.1, -0.05) is 66.7 Å². The van der Waals surface area contributed by atoms with Gasteiger partial charge in [0.25, 0.3) is 5.56 Å². The van der Waals surface area contributed by atoms with Gasteiger partial charge < -0.3 is 9.30 Å². The number of nitrogens with zero attached hydrogens (tertiary/aromatic N) is 1. The first-order chi connectivity index (χ1) is 14.6. The molecule has 3 nitrogen and oxygen atoms in total. The fourth-order valence-electron chi connectivity index (χ4n) is 3.14. The first-order valence-electron chi connectivity index (χ1n) is 9.51. The zero-order valence-corrected chi connectivity index (χ0v) is 17.7. The van der Waals surface area contributed by atoms with Crippen molar-refractivity contribution in [3.8, 4) is 16.9 Å². The predicted octanol–water partition coefficient (Wildman–Crippen LogP) is 6.04. The van der Waals surface area contributed by atoms with Crippen molar-refractivity contribution in [1.29, 1.82) is 0 Å². The standard InChI is InChI=1S/C25H19BrFNO2/c26-24-23(30-17-19-8-12-22(27)13-9-19)14-15-28(25(24)29)16-18-6-10-21(11-7-18)20-4-2-1-3-5-20/h1-15H,16-17H2. The van der Waals surface area contributed by atoms with Crippen LogP contribution in [-0.2, 0) is 13.2 Å². The summed E-state index contributed by atoms with van der Waals surface area (Å²) < 4.78 is 20.7. The summed E-state index contributed by atoms with van der Waals surface area (Å²) in [5, 5.41) is 0. The zero-order chi connectivity index (χ0) is 20.9. The molecule has 0 aliphatic carbocycles. The molecular weight excluding hydrogens is 445 g/mol. The highest BCUT2D eigenvalue weighted by atomic mass is 79.9. The smallest absolute Gasteiger partial charge is 0.268 e. The average molecular weight is 464 g/mol. The summed E-state index contributed by atoms with van der Waals surface area (Å²) in [5.41, 5.74) is 3.98. The molecule has 0 aliphatic rings. The summed E-state index contributed by atoms with van der Waals surface area (Å²) in [5.74, 6) is 0.166. The van der Waals surface area contributed by atoms with Gasteiger partial charge in [0.2, 0.25) is 0 Å². The molecule has 0 spiro atoms. The van der Waals surface area contributed by atoms with Gasteiger partial charge in [-0.15, -0.1) is 0 Å². The van der Waals surface area contributed by atoms with Gasteiger partial charge in [-0.05, 0) is 56.4 Å². The van der Waals surface area contributed by atoms with Crippen molar-refractivity contribution in [3.05, 3.63) is 123 Å². The summed E-state index contributed by atoms with van der Waals surface area (Å²) in [7, 11) is 0. The Hall–Kier alpha value is -3.18. The highest BCUT2D eigenvalue weighted by Gasteiger charge is 2.10. The second kappa shape index (κ2) is 9.09. The number of hydrogen-bond acceptors (Lipinski definition) is 2. The minimum absolute atomic E-state index is 0.168. The van der Waals surface area contributed by atoms with E-state index in [1.165, 1.54) is 12.1 Å². The van der Waals surface area contributed by atoms with Crippen LogP contribution in [0.1, 0.15) is 11.1 Å².